The number of benzene rings is 1. The molecule has 1 aliphatic carbocycles. The molecule has 5 rings (SSSR count). The predicted molar refractivity (Wildman–Crippen MR) is 78.7 cm³/mol. The third kappa shape index (κ3) is 1.91. The van der Waals surface area contributed by atoms with Gasteiger partial charge in [0.15, 0.2) is 12.0 Å². The molecule has 2 aromatic rings. The van der Waals surface area contributed by atoms with Crippen molar-refractivity contribution in [2.75, 3.05) is 13.2 Å². The molecule has 1 aromatic heterocycles. The van der Waals surface area contributed by atoms with Gasteiger partial charge in [0.25, 0.3) is 0 Å². The van der Waals surface area contributed by atoms with Gasteiger partial charge in [0.1, 0.15) is 0 Å². The second-order valence-corrected chi connectivity index (χ2v) is 6.62. The number of alkyl halides is 1. The molecule has 6 heteroatoms. The molecule has 5 nitrogen and oxygen atoms in total. The van der Waals surface area contributed by atoms with Crippen LogP contribution >= 0.6 is 0 Å². The Labute approximate surface area is 132 Å². The van der Waals surface area contributed by atoms with E-state index in [-0.39, 0.29) is 29.4 Å². The molecule has 1 saturated heterocycles. The second kappa shape index (κ2) is 4.71. The minimum Gasteiger partial charge on any atom is -0.381 e. The smallest absolute Gasteiger partial charge is 0.217 e. The van der Waals surface area contributed by atoms with Gasteiger partial charge in [0.05, 0.1) is 19.3 Å². The molecule has 0 bridgehead atoms. The Hall–Kier alpha value is -2.08. The maximum absolute atomic E-state index is 14.3. The maximum Gasteiger partial charge on any atom is 0.217 e. The van der Waals surface area contributed by atoms with Gasteiger partial charge in [0.2, 0.25) is 11.6 Å². The fraction of sp³-hybridized carbons (Fsp3) is 0.471. The zero-order chi connectivity index (χ0) is 15.6. The second-order valence-electron chi connectivity index (χ2n) is 6.62. The van der Waals surface area contributed by atoms with Crippen molar-refractivity contribution in [2.24, 2.45) is 17.8 Å². The van der Waals surface area contributed by atoms with Gasteiger partial charge < -0.3 is 4.74 Å². The van der Waals surface area contributed by atoms with Crippen LogP contribution in [0.5, 0.6) is 0 Å². The summed E-state index contributed by atoms with van der Waals surface area (Å²) in [5.41, 5.74) is 0.995. The zero-order valence-electron chi connectivity index (χ0n) is 12.4. The number of rotatable bonds is 3. The van der Waals surface area contributed by atoms with Crippen LogP contribution in [-0.4, -0.2) is 33.8 Å². The molecule has 1 saturated carbocycles. The molecule has 23 heavy (non-hydrogen) atoms. The summed E-state index contributed by atoms with van der Waals surface area (Å²) in [7, 11) is 0. The van der Waals surface area contributed by atoms with Crippen LogP contribution in [0.2, 0.25) is 0 Å². The average molecular weight is 313 g/mol. The summed E-state index contributed by atoms with van der Waals surface area (Å²) in [6.45, 7) is 1.29. The lowest BCUT2D eigenvalue weighted by atomic mass is 10.0. The molecule has 0 amide bonds. The van der Waals surface area contributed by atoms with E-state index in [4.69, 9.17) is 4.74 Å². The number of ketones is 1. The van der Waals surface area contributed by atoms with Crippen LogP contribution in [0.25, 0.3) is 0 Å². The molecule has 0 N–H and O–H groups in total. The Morgan fingerprint density at radius 3 is 2.70 bits per heavy atom. The molecule has 0 spiro atoms. The van der Waals surface area contributed by atoms with Gasteiger partial charge in [-0.1, -0.05) is 30.3 Å². The minimum absolute atomic E-state index is 0.0277. The number of aromatic nitrogens is 3. The third-order valence-corrected chi connectivity index (χ3v) is 5.32. The normalized spacial score (nSPS) is 34.2. The number of Topliss-reactive ketones (excluding diaryl/α,β-unsaturated/α-hetero) is 1. The zero-order valence-corrected chi connectivity index (χ0v) is 12.4. The van der Waals surface area contributed by atoms with E-state index in [2.05, 4.69) is 10.1 Å². The lowest BCUT2D eigenvalue weighted by Gasteiger charge is -2.11. The summed E-state index contributed by atoms with van der Waals surface area (Å²) in [4.78, 5) is 16.8. The van der Waals surface area contributed by atoms with Gasteiger partial charge in [-0.3, -0.25) is 4.79 Å². The van der Waals surface area contributed by atoms with E-state index in [1.165, 1.54) is 0 Å². The average Bonchev–Trinajstić information content (AvgIpc) is 2.97. The van der Waals surface area contributed by atoms with E-state index in [0.717, 1.165) is 5.56 Å². The van der Waals surface area contributed by atoms with Crippen molar-refractivity contribution in [2.45, 2.75) is 18.6 Å². The first-order valence-electron chi connectivity index (χ1n) is 8.01. The van der Waals surface area contributed by atoms with Crippen LogP contribution in [0.3, 0.4) is 0 Å². The predicted octanol–water partition coefficient (Wildman–Crippen LogP) is 2.36. The number of nitrogens with zero attached hydrogens (tertiary/aromatic N) is 3. The highest BCUT2D eigenvalue weighted by Crippen LogP contribution is 2.52. The van der Waals surface area contributed by atoms with E-state index < -0.39 is 6.17 Å². The Morgan fingerprint density at radius 2 is 1.96 bits per heavy atom. The number of ether oxygens (including phenoxy) is 1. The van der Waals surface area contributed by atoms with E-state index >= 15 is 0 Å². The Kier molecular flexibility index (Phi) is 2.74. The minimum atomic E-state index is -1.17. The van der Waals surface area contributed by atoms with E-state index in [0.29, 0.717) is 31.5 Å². The van der Waals surface area contributed by atoms with Crippen molar-refractivity contribution in [3.05, 3.63) is 47.5 Å². The van der Waals surface area contributed by atoms with Crippen LogP contribution in [0.1, 0.15) is 40.6 Å². The number of carbonyl (C=O) groups is 1. The Bertz CT molecular complexity index is 765. The highest BCUT2D eigenvalue weighted by atomic mass is 19.1. The summed E-state index contributed by atoms with van der Waals surface area (Å²) in [5.74, 6) is 0.995. The molecular weight excluding hydrogens is 297 g/mol. The van der Waals surface area contributed by atoms with Crippen LogP contribution in [0.4, 0.5) is 4.39 Å². The van der Waals surface area contributed by atoms with Gasteiger partial charge in [-0.25, -0.2) is 14.1 Å². The summed E-state index contributed by atoms with van der Waals surface area (Å²) < 4.78 is 21.2. The van der Waals surface area contributed by atoms with Gasteiger partial charge in [-0.15, -0.1) is 5.10 Å². The van der Waals surface area contributed by atoms with Gasteiger partial charge >= 0.3 is 0 Å². The number of hydrogen-bond donors (Lipinski definition) is 0. The van der Waals surface area contributed by atoms with Crippen molar-refractivity contribution >= 4 is 5.78 Å². The lowest BCUT2D eigenvalue weighted by Crippen LogP contribution is -2.14. The number of carbonyl (C=O) groups excluding carboxylic acids is 1. The SMILES string of the molecule is O=C(c1nc2n(n1)[C@H](c1ccccc1)C[C@@H]2F)C1C2COCC21. The number of halogens is 1. The van der Waals surface area contributed by atoms with Gasteiger partial charge in [-0.2, -0.15) is 0 Å². The van der Waals surface area contributed by atoms with Gasteiger partial charge in [-0.05, 0) is 17.4 Å². The summed E-state index contributed by atoms with van der Waals surface area (Å²) >= 11 is 0. The topological polar surface area (TPSA) is 57.0 Å². The highest BCUT2D eigenvalue weighted by Gasteiger charge is 2.58. The molecule has 1 aromatic carbocycles. The largest absolute Gasteiger partial charge is 0.381 e. The first-order valence-corrected chi connectivity index (χ1v) is 8.01. The first kappa shape index (κ1) is 13.4. The van der Waals surface area contributed by atoms with Crippen molar-refractivity contribution in [1.29, 1.82) is 0 Å². The van der Waals surface area contributed by atoms with Crippen LogP contribution < -0.4 is 0 Å². The fourth-order valence-electron chi connectivity index (χ4n) is 4.01. The van der Waals surface area contributed by atoms with Crippen LogP contribution in [0, 0.1) is 17.8 Å². The van der Waals surface area contributed by atoms with Crippen molar-refractivity contribution in [3.8, 4) is 0 Å². The molecular formula is C17H16FN3O2. The van der Waals surface area contributed by atoms with Crippen molar-refractivity contribution in [3.63, 3.8) is 0 Å². The molecule has 0 radical (unpaired) electrons. The summed E-state index contributed by atoms with van der Waals surface area (Å²) in [6.07, 6.45) is -0.840. The van der Waals surface area contributed by atoms with E-state index in [1.807, 2.05) is 30.3 Å². The Balaban J connectivity index is 1.46. The number of fused-ring (bicyclic) bond motifs is 2. The maximum atomic E-state index is 14.3. The standard InChI is InChI=1S/C17H16FN3O2/c18-12-6-13(9-4-2-1-3-5-9)21-17(12)19-16(20-21)15(22)14-10-7-23-8-11(10)14/h1-5,10-14H,6-8H2/t10?,11?,12-,13-,14?/m0/s1. The van der Waals surface area contributed by atoms with Crippen LogP contribution in [-0.2, 0) is 4.74 Å². The lowest BCUT2D eigenvalue weighted by molar-refractivity contribution is 0.0882. The molecule has 3 heterocycles. The molecule has 4 atom stereocenters. The molecule has 2 fully saturated rings. The van der Waals surface area contributed by atoms with Crippen molar-refractivity contribution < 1.29 is 13.9 Å². The Morgan fingerprint density at radius 1 is 1.22 bits per heavy atom. The highest BCUT2D eigenvalue weighted by molar-refractivity contribution is 5.97. The quantitative estimate of drug-likeness (QED) is 0.816. The van der Waals surface area contributed by atoms with Gasteiger partial charge in [0, 0.05) is 12.3 Å². The monoisotopic (exact) mass is 313 g/mol. The summed E-state index contributed by atoms with van der Waals surface area (Å²) in [6, 6.07) is 9.51. The molecule has 3 aliphatic rings. The molecule has 2 unspecified atom stereocenters. The first-order chi connectivity index (χ1) is 11.2. The number of hydrogen-bond acceptors (Lipinski definition) is 4. The van der Waals surface area contributed by atoms with E-state index in [1.54, 1.807) is 4.68 Å². The molecule has 2 aliphatic heterocycles. The third-order valence-electron chi connectivity index (χ3n) is 5.32. The van der Waals surface area contributed by atoms with Crippen molar-refractivity contribution in [1.82, 2.24) is 14.8 Å². The fourth-order valence-corrected chi connectivity index (χ4v) is 4.01. The van der Waals surface area contributed by atoms with Crippen LogP contribution in [0.15, 0.2) is 30.3 Å². The molecule has 118 valence electrons. The van der Waals surface area contributed by atoms with E-state index in [9.17, 15) is 9.18 Å². The summed E-state index contributed by atoms with van der Waals surface area (Å²) in [5, 5.41) is 4.36.